The van der Waals surface area contributed by atoms with E-state index in [-0.39, 0.29) is 11.7 Å². The predicted molar refractivity (Wildman–Crippen MR) is 72.0 cm³/mol. The number of aromatic hydroxyl groups is 1. The van der Waals surface area contributed by atoms with Crippen LogP contribution in [0.5, 0.6) is 5.75 Å². The van der Waals surface area contributed by atoms with Gasteiger partial charge in [0.25, 0.3) is 5.91 Å². The average molecular weight is 241 g/mol. The number of benzene rings is 2. The third-order valence-corrected chi connectivity index (χ3v) is 2.86. The van der Waals surface area contributed by atoms with E-state index < -0.39 is 0 Å². The van der Waals surface area contributed by atoms with Crippen molar-refractivity contribution in [3.63, 3.8) is 0 Å². The monoisotopic (exact) mass is 241 g/mol. The Kier molecular flexibility index (Phi) is 3.33. The molecule has 2 rings (SSSR count). The van der Waals surface area contributed by atoms with Gasteiger partial charge >= 0.3 is 0 Å². The molecule has 0 saturated heterocycles. The number of phenols is 1. The van der Waals surface area contributed by atoms with Crippen molar-refractivity contribution in [3.8, 4) is 5.75 Å². The number of para-hydroxylation sites is 1. The van der Waals surface area contributed by atoms with E-state index in [2.05, 4.69) is 0 Å². The molecule has 0 heterocycles. The molecule has 3 nitrogen and oxygen atoms in total. The Bertz CT molecular complexity index is 561. The first-order valence-electron chi connectivity index (χ1n) is 5.72. The number of rotatable bonds is 2. The van der Waals surface area contributed by atoms with Gasteiger partial charge in [-0.15, -0.1) is 0 Å². The molecule has 0 aliphatic carbocycles. The number of hydrogen-bond acceptors (Lipinski definition) is 2. The fourth-order valence-electron chi connectivity index (χ4n) is 1.72. The van der Waals surface area contributed by atoms with Crippen molar-refractivity contribution in [2.24, 2.45) is 0 Å². The summed E-state index contributed by atoms with van der Waals surface area (Å²) in [6.07, 6.45) is 0. The van der Waals surface area contributed by atoms with Crippen LogP contribution in [-0.2, 0) is 0 Å². The van der Waals surface area contributed by atoms with E-state index >= 15 is 0 Å². The third-order valence-electron chi connectivity index (χ3n) is 2.86. The second-order valence-corrected chi connectivity index (χ2v) is 4.22. The molecule has 0 aliphatic rings. The number of amides is 1. The van der Waals surface area contributed by atoms with Gasteiger partial charge in [-0.25, -0.2) is 0 Å². The average Bonchev–Trinajstić information content (AvgIpc) is 2.38. The molecule has 0 aliphatic heterocycles. The number of aryl methyl sites for hydroxylation is 1. The molecular weight excluding hydrogens is 226 g/mol. The highest BCUT2D eigenvalue weighted by molar-refractivity contribution is 6.07. The molecule has 0 spiro atoms. The smallest absolute Gasteiger partial charge is 0.261 e. The molecule has 0 fully saturated rings. The van der Waals surface area contributed by atoms with E-state index in [0.29, 0.717) is 5.56 Å². The second-order valence-electron chi connectivity index (χ2n) is 4.22. The molecule has 2 aromatic rings. The quantitative estimate of drug-likeness (QED) is 0.878. The van der Waals surface area contributed by atoms with Crippen molar-refractivity contribution in [1.82, 2.24) is 0 Å². The molecule has 0 saturated carbocycles. The summed E-state index contributed by atoms with van der Waals surface area (Å²) in [5.74, 6) is -0.224. The molecule has 0 aromatic heterocycles. The van der Waals surface area contributed by atoms with E-state index in [1.807, 2.05) is 31.2 Å². The Morgan fingerprint density at radius 2 is 1.67 bits per heavy atom. The first-order valence-corrected chi connectivity index (χ1v) is 5.72. The summed E-state index contributed by atoms with van der Waals surface area (Å²) in [7, 11) is 1.69. The summed E-state index contributed by atoms with van der Waals surface area (Å²) in [6, 6.07) is 14.2. The van der Waals surface area contributed by atoms with Crippen LogP contribution in [-0.4, -0.2) is 18.1 Å². The van der Waals surface area contributed by atoms with Gasteiger partial charge in [-0.2, -0.15) is 0 Å². The number of phenolic OH excluding ortho intramolecular Hbond substituents is 1. The number of nitrogens with zero attached hydrogens (tertiary/aromatic N) is 1. The molecule has 0 radical (unpaired) electrons. The SMILES string of the molecule is Cc1ccc(N(C)C(=O)c2ccccc2O)cc1. The Morgan fingerprint density at radius 1 is 1.06 bits per heavy atom. The van der Waals surface area contributed by atoms with Crippen LogP contribution in [0.3, 0.4) is 0 Å². The van der Waals surface area contributed by atoms with E-state index in [0.717, 1.165) is 11.3 Å². The molecule has 0 atom stereocenters. The van der Waals surface area contributed by atoms with Gasteiger partial charge in [0.2, 0.25) is 0 Å². The summed E-state index contributed by atoms with van der Waals surface area (Å²) < 4.78 is 0. The van der Waals surface area contributed by atoms with Crippen LogP contribution < -0.4 is 4.90 Å². The van der Waals surface area contributed by atoms with Gasteiger partial charge in [0, 0.05) is 12.7 Å². The highest BCUT2D eigenvalue weighted by atomic mass is 16.3. The maximum absolute atomic E-state index is 12.2. The lowest BCUT2D eigenvalue weighted by Crippen LogP contribution is -2.26. The standard InChI is InChI=1S/C15H15NO2/c1-11-7-9-12(10-8-11)16(2)15(18)13-5-3-4-6-14(13)17/h3-10,17H,1-2H3. The van der Waals surface area contributed by atoms with E-state index in [1.165, 1.54) is 11.0 Å². The second kappa shape index (κ2) is 4.92. The molecule has 1 amide bonds. The summed E-state index contributed by atoms with van der Waals surface area (Å²) in [6.45, 7) is 1.99. The Labute approximate surface area is 106 Å². The summed E-state index contributed by atoms with van der Waals surface area (Å²) in [5, 5.41) is 9.67. The normalized spacial score (nSPS) is 10.1. The highest BCUT2D eigenvalue weighted by Crippen LogP contribution is 2.21. The largest absolute Gasteiger partial charge is 0.507 e. The van der Waals surface area contributed by atoms with Gasteiger partial charge in [0.05, 0.1) is 5.56 Å². The van der Waals surface area contributed by atoms with Gasteiger partial charge in [0.1, 0.15) is 5.75 Å². The Morgan fingerprint density at radius 3 is 2.28 bits per heavy atom. The lowest BCUT2D eigenvalue weighted by Gasteiger charge is -2.18. The zero-order chi connectivity index (χ0) is 13.1. The molecule has 2 aromatic carbocycles. The number of hydrogen-bond donors (Lipinski definition) is 1. The van der Waals surface area contributed by atoms with Crippen LogP contribution in [0.15, 0.2) is 48.5 Å². The minimum atomic E-state index is -0.225. The highest BCUT2D eigenvalue weighted by Gasteiger charge is 2.16. The van der Waals surface area contributed by atoms with Crippen LogP contribution in [0.2, 0.25) is 0 Å². The molecule has 92 valence electrons. The molecular formula is C15H15NO2. The maximum Gasteiger partial charge on any atom is 0.261 e. The van der Waals surface area contributed by atoms with Gasteiger partial charge in [-0.05, 0) is 31.2 Å². The number of anilines is 1. The van der Waals surface area contributed by atoms with E-state index in [9.17, 15) is 9.90 Å². The lowest BCUT2D eigenvalue weighted by molar-refractivity contribution is 0.0990. The van der Waals surface area contributed by atoms with E-state index in [4.69, 9.17) is 0 Å². The predicted octanol–water partition coefficient (Wildman–Crippen LogP) is 2.98. The molecule has 3 heteroatoms. The summed E-state index contributed by atoms with van der Waals surface area (Å²) >= 11 is 0. The van der Waals surface area contributed by atoms with Crippen molar-refractivity contribution >= 4 is 11.6 Å². The van der Waals surface area contributed by atoms with Crippen molar-refractivity contribution in [3.05, 3.63) is 59.7 Å². The van der Waals surface area contributed by atoms with Crippen LogP contribution in [0.25, 0.3) is 0 Å². The molecule has 18 heavy (non-hydrogen) atoms. The number of carbonyl (C=O) groups is 1. The van der Waals surface area contributed by atoms with Gasteiger partial charge in [-0.1, -0.05) is 29.8 Å². The van der Waals surface area contributed by atoms with Crippen molar-refractivity contribution < 1.29 is 9.90 Å². The lowest BCUT2D eigenvalue weighted by atomic mass is 10.1. The first-order chi connectivity index (χ1) is 8.59. The minimum Gasteiger partial charge on any atom is -0.507 e. The number of carbonyl (C=O) groups excluding carboxylic acids is 1. The molecule has 0 unspecified atom stereocenters. The van der Waals surface area contributed by atoms with Crippen LogP contribution in [0.4, 0.5) is 5.69 Å². The van der Waals surface area contributed by atoms with Gasteiger partial charge in [0.15, 0.2) is 0 Å². The molecule has 0 bridgehead atoms. The Balaban J connectivity index is 2.29. The minimum absolute atomic E-state index is 0.00135. The first kappa shape index (κ1) is 12.2. The summed E-state index contributed by atoms with van der Waals surface area (Å²) in [5.41, 5.74) is 2.25. The zero-order valence-electron chi connectivity index (χ0n) is 10.4. The zero-order valence-corrected chi connectivity index (χ0v) is 10.4. The van der Waals surface area contributed by atoms with Gasteiger partial charge in [-0.3, -0.25) is 4.79 Å². The van der Waals surface area contributed by atoms with Crippen LogP contribution in [0.1, 0.15) is 15.9 Å². The fraction of sp³-hybridized carbons (Fsp3) is 0.133. The fourth-order valence-corrected chi connectivity index (χ4v) is 1.72. The van der Waals surface area contributed by atoms with E-state index in [1.54, 1.807) is 25.2 Å². The van der Waals surface area contributed by atoms with Crippen molar-refractivity contribution in [2.75, 3.05) is 11.9 Å². The van der Waals surface area contributed by atoms with Crippen molar-refractivity contribution in [2.45, 2.75) is 6.92 Å². The van der Waals surface area contributed by atoms with Crippen LogP contribution in [0, 0.1) is 6.92 Å². The topological polar surface area (TPSA) is 40.5 Å². The third kappa shape index (κ3) is 2.35. The maximum atomic E-state index is 12.2. The van der Waals surface area contributed by atoms with Gasteiger partial charge < -0.3 is 10.0 Å². The summed E-state index contributed by atoms with van der Waals surface area (Å²) in [4.78, 5) is 13.7. The molecule has 1 N–H and O–H groups in total. The Hall–Kier alpha value is -2.29. The van der Waals surface area contributed by atoms with Crippen molar-refractivity contribution in [1.29, 1.82) is 0 Å². The van der Waals surface area contributed by atoms with Crippen LogP contribution >= 0.6 is 0 Å².